The molecule has 2 aromatic carbocycles. The van der Waals surface area contributed by atoms with Crippen LogP contribution in [0, 0.1) is 5.82 Å². The number of nitrogens with one attached hydrogen (secondary N) is 1. The molecule has 0 saturated heterocycles. The van der Waals surface area contributed by atoms with Crippen LogP contribution in [0.5, 0.6) is 11.5 Å². The second kappa shape index (κ2) is 6.11. The van der Waals surface area contributed by atoms with E-state index in [4.69, 9.17) is 10.5 Å². The summed E-state index contributed by atoms with van der Waals surface area (Å²) in [6.45, 7) is 1.96. The Bertz CT molecular complexity index is 730. The monoisotopic (exact) mass is 310 g/mol. The van der Waals surface area contributed by atoms with Crippen molar-refractivity contribution in [3.63, 3.8) is 0 Å². The third-order valence-corrected chi connectivity index (χ3v) is 4.21. The van der Waals surface area contributed by atoms with Crippen molar-refractivity contribution in [1.29, 1.82) is 0 Å². The van der Waals surface area contributed by atoms with E-state index in [1.165, 1.54) is 42.5 Å². The Balaban J connectivity index is 2.33. The fourth-order valence-electron chi connectivity index (χ4n) is 1.67. The number of hydrogen-bond donors (Lipinski definition) is 2. The second-order valence-electron chi connectivity index (χ2n) is 4.26. The van der Waals surface area contributed by atoms with E-state index in [0.717, 1.165) is 0 Å². The SMILES string of the molecule is CCNS(=O)(=O)c1ccc(N)c(Oc2ccc(F)cc2)c1. The summed E-state index contributed by atoms with van der Waals surface area (Å²) in [6, 6.07) is 9.51. The maximum atomic E-state index is 12.8. The summed E-state index contributed by atoms with van der Waals surface area (Å²) in [6.07, 6.45) is 0. The molecule has 0 aromatic heterocycles. The molecule has 0 bridgehead atoms. The lowest BCUT2D eigenvalue weighted by Crippen LogP contribution is -2.23. The molecule has 0 heterocycles. The van der Waals surface area contributed by atoms with Gasteiger partial charge in [0, 0.05) is 12.6 Å². The van der Waals surface area contributed by atoms with Gasteiger partial charge in [0.05, 0.1) is 10.6 Å². The summed E-state index contributed by atoms with van der Waals surface area (Å²) in [7, 11) is -3.59. The molecule has 0 aliphatic carbocycles. The average Bonchev–Trinajstić information content (AvgIpc) is 2.43. The molecule has 3 N–H and O–H groups in total. The number of rotatable bonds is 5. The number of nitrogens with two attached hydrogens (primary N) is 1. The van der Waals surface area contributed by atoms with Gasteiger partial charge in [-0.15, -0.1) is 0 Å². The van der Waals surface area contributed by atoms with Gasteiger partial charge in [-0.05, 0) is 36.4 Å². The Morgan fingerprint density at radius 2 is 1.86 bits per heavy atom. The predicted octanol–water partition coefficient (Wildman–Crippen LogP) is 2.50. The van der Waals surface area contributed by atoms with Crippen molar-refractivity contribution in [2.45, 2.75) is 11.8 Å². The van der Waals surface area contributed by atoms with Crippen molar-refractivity contribution in [1.82, 2.24) is 4.72 Å². The van der Waals surface area contributed by atoms with Gasteiger partial charge in [0.2, 0.25) is 10.0 Å². The summed E-state index contributed by atoms with van der Waals surface area (Å²) in [5.41, 5.74) is 6.06. The Labute approximate surface area is 122 Å². The molecule has 0 aliphatic rings. The van der Waals surface area contributed by atoms with E-state index in [9.17, 15) is 12.8 Å². The van der Waals surface area contributed by atoms with E-state index in [2.05, 4.69) is 4.72 Å². The minimum Gasteiger partial charge on any atom is -0.455 e. The van der Waals surface area contributed by atoms with Crippen LogP contribution in [0.3, 0.4) is 0 Å². The zero-order chi connectivity index (χ0) is 15.5. The van der Waals surface area contributed by atoms with Crippen LogP contribution in [0.15, 0.2) is 47.4 Å². The first-order valence-corrected chi connectivity index (χ1v) is 7.73. The lowest BCUT2D eigenvalue weighted by Gasteiger charge is -2.11. The molecule has 5 nitrogen and oxygen atoms in total. The van der Waals surface area contributed by atoms with Crippen LogP contribution in [0.4, 0.5) is 10.1 Å². The number of ether oxygens (including phenoxy) is 1. The zero-order valence-corrected chi connectivity index (χ0v) is 12.2. The average molecular weight is 310 g/mol. The lowest BCUT2D eigenvalue weighted by molar-refractivity contribution is 0.481. The summed E-state index contributed by atoms with van der Waals surface area (Å²) in [5, 5.41) is 0. The van der Waals surface area contributed by atoms with Gasteiger partial charge in [-0.3, -0.25) is 0 Å². The minimum absolute atomic E-state index is 0.0515. The third kappa shape index (κ3) is 3.71. The number of nitrogen functional groups attached to an aromatic ring is 1. The fraction of sp³-hybridized carbons (Fsp3) is 0.143. The van der Waals surface area contributed by atoms with Crippen LogP contribution in [0.25, 0.3) is 0 Å². The molecule has 7 heteroatoms. The molecular weight excluding hydrogens is 295 g/mol. The van der Waals surface area contributed by atoms with Crippen molar-refractivity contribution in [2.24, 2.45) is 0 Å². The smallest absolute Gasteiger partial charge is 0.240 e. The second-order valence-corrected chi connectivity index (χ2v) is 6.02. The number of hydrogen-bond acceptors (Lipinski definition) is 4. The lowest BCUT2D eigenvalue weighted by atomic mass is 10.3. The molecule has 2 rings (SSSR count). The van der Waals surface area contributed by atoms with Crippen molar-refractivity contribution in [3.8, 4) is 11.5 Å². The van der Waals surface area contributed by atoms with Gasteiger partial charge in [0.1, 0.15) is 11.6 Å². The van der Waals surface area contributed by atoms with Gasteiger partial charge in [-0.25, -0.2) is 17.5 Å². The number of halogens is 1. The minimum atomic E-state index is -3.59. The highest BCUT2D eigenvalue weighted by molar-refractivity contribution is 7.89. The topological polar surface area (TPSA) is 81.4 Å². The Morgan fingerprint density at radius 1 is 1.19 bits per heavy atom. The molecule has 0 atom stereocenters. The highest BCUT2D eigenvalue weighted by atomic mass is 32.2. The Kier molecular flexibility index (Phi) is 4.44. The molecule has 2 aromatic rings. The molecule has 0 aliphatic heterocycles. The van der Waals surface area contributed by atoms with Crippen LogP contribution in [0.1, 0.15) is 6.92 Å². The summed E-state index contributed by atoms with van der Waals surface area (Å²) in [4.78, 5) is 0.0515. The molecule has 112 valence electrons. The molecule has 0 spiro atoms. The molecule has 0 radical (unpaired) electrons. The first-order valence-electron chi connectivity index (χ1n) is 6.25. The van der Waals surface area contributed by atoms with E-state index in [1.807, 2.05) is 0 Å². The maximum Gasteiger partial charge on any atom is 0.240 e. The van der Waals surface area contributed by atoms with Gasteiger partial charge in [0.25, 0.3) is 0 Å². The number of benzene rings is 2. The Morgan fingerprint density at radius 3 is 2.48 bits per heavy atom. The van der Waals surface area contributed by atoms with Gasteiger partial charge in [-0.2, -0.15) is 0 Å². The predicted molar refractivity (Wildman–Crippen MR) is 78.2 cm³/mol. The molecule has 0 amide bonds. The number of sulfonamides is 1. The zero-order valence-electron chi connectivity index (χ0n) is 11.3. The van der Waals surface area contributed by atoms with E-state index < -0.39 is 15.8 Å². The van der Waals surface area contributed by atoms with Gasteiger partial charge >= 0.3 is 0 Å². The van der Waals surface area contributed by atoms with Gasteiger partial charge < -0.3 is 10.5 Å². The van der Waals surface area contributed by atoms with Crippen molar-refractivity contribution >= 4 is 15.7 Å². The molecule has 0 fully saturated rings. The highest BCUT2D eigenvalue weighted by Gasteiger charge is 2.15. The van der Waals surface area contributed by atoms with E-state index >= 15 is 0 Å². The third-order valence-electron chi connectivity index (χ3n) is 2.67. The van der Waals surface area contributed by atoms with E-state index in [-0.39, 0.29) is 22.9 Å². The quantitative estimate of drug-likeness (QED) is 0.831. The summed E-state index contributed by atoms with van der Waals surface area (Å²) < 4.78 is 44.6. The molecular formula is C14H15FN2O3S. The molecule has 21 heavy (non-hydrogen) atoms. The van der Waals surface area contributed by atoms with Crippen LogP contribution < -0.4 is 15.2 Å². The van der Waals surface area contributed by atoms with Crippen LogP contribution >= 0.6 is 0 Å². The van der Waals surface area contributed by atoms with Crippen molar-refractivity contribution < 1.29 is 17.5 Å². The summed E-state index contributed by atoms with van der Waals surface area (Å²) in [5.74, 6) is 0.167. The van der Waals surface area contributed by atoms with E-state index in [1.54, 1.807) is 6.92 Å². The number of anilines is 1. The standard InChI is InChI=1S/C14H15FN2O3S/c1-2-17-21(18,19)12-7-8-13(16)14(9-12)20-11-5-3-10(15)4-6-11/h3-9,17H,2,16H2,1H3. The Hall–Kier alpha value is -2.12. The van der Waals surface area contributed by atoms with Crippen LogP contribution in [-0.4, -0.2) is 15.0 Å². The highest BCUT2D eigenvalue weighted by Crippen LogP contribution is 2.30. The van der Waals surface area contributed by atoms with Crippen molar-refractivity contribution in [3.05, 3.63) is 48.3 Å². The first-order chi connectivity index (χ1) is 9.92. The molecule has 0 unspecified atom stereocenters. The van der Waals surface area contributed by atoms with Gasteiger partial charge in [-0.1, -0.05) is 6.92 Å². The van der Waals surface area contributed by atoms with Crippen LogP contribution in [-0.2, 0) is 10.0 Å². The van der Waals surface area contributed by atoms with Gasteiger partial charge in [0.15, 0.2) is 5.75 Å². The summed E-state index contributed by atoms with van der Waals surface area (Å²) >= 11 is 0. The van der Waals surface area contributed by atoms with Crippen molar-refractivity contribution in [2.75, 3.05) is 12.3 Å². The molecule has 0 saturated carbocycles. The fourth-order valence-corrected chi connectivity index (χ4v) is 2.73. The largest absolute Gasteiger partial charge is 0.455 e. The maximum absolute atomic E-state index is 12.8. The van der Waals surface area contributed by atoms with Crippen LogP contribution in [0.2, 0.25) is 0 Å². The first kappa shape index (κ1) is 15.3. The normalized spacial score (nSPS) is 11.3. The van der Waals surface area contributed by atoms with E-state index in [0.29, 0.717) is 5.75 Å².